The molecular weight excluding hydrogens is 313 g/mol. The molecule has 0 radical (unpaired) electrons. The number of nitrogens with one attached hydrogen (secondary N) is 1. The fraction of sp³-hybridized carbons (Fsp3) is 0.364. The van der Waals surface area contributed by atoms with Gasteiger partial charge in [0.1, 0.15) is 0 Å². The molecule has 0 bridgehead atoms. The summed E-state index contributed by atoms with van der Waals surface area (Å²) < 4.78 is 0.708. The van der Waals surface area contributed by atoms with Gasteiger partial charge in [-0.15, -0.1) is 11.6 Å². The molecule has 0 saturated heterocycles. The average molecular weight is 325 g/mol. The van der Waals surface area contributed by atoms with E-state index in [1.54, 1.807) is 18.2 Å². The third kappa shape index (κ3) is 3.65. The first-order valence-electron chi connectivity index (χ1n) is 4.69. The van der Waals surface area contributed by atoms with Crippen molar-refractivity contribution < 1.29 is 4.79 Å². The van der Waals surface area contributed by atoms with E-state index in [0.717, 1.165) is 0 Å². The van der Waals surface area contributed by atoms with Crippen molar-refractivity contribution in [2.24, 2.45) is 0 Å². The van der Waals surface area contributed by atoms with E-state index in [0.29, 0.717) is 20.9 Å². The molecule has 0 saturated carbocycles. The lowest BCUT2D eigenvalue weighted by molar-refractivity contribution is 0.0919. The second kappa shape index (κ2) is 5.39. The first-order chi connectivity index (χ1) is 7.35. The monoisotopic (exact) mass is 323 g/mol. The van der Waals surface area contributed by atoms with Crippen molar-refractivity contribution in [1.82, 2.24) is 5.32 Å². The lowest BCUT2D eigenvalue weighted by Crippen LogP contribution is -2.45. The molecule has 0 spiro atoms. The van der Waals surface area contributed by atoms with Gasteiger partial charge in [-0.05, 0) is 48.0 Å². The third-order valence-corrected chi connectivity index (χ3v) is 3.55. The van der Waals surface area contributed by atoms with Gasteiger partial charge in [0.25, 0.3) is 5.91 Å². The molecule has 0 aliphatic heterocycles. The Morgan fingerprint density at radius 2 is 2.12 bits per heavy atom. The summed E-state index contributed by atoms with van der Waals surface area (Å²) in [4.78, 5) is 11.9. The zero-order chi connectivity index (χ0) is 12.3. The van der Waals surface area contributed by atoms with Crippen molar-refractivity contribution in [2.45, 2.75) is 19.4 Å². The molecule has 88 valence electrons. The topological polar surface area (TPSA) is 29.1 Å². The van der Waals surface area contributed by atoms with Gasteiger partial charge in [0.05, 0.1) is 5.56 Å². The first-order valence-corrected chi connectivity index (χ1v) is 6.40. The van der Waals surface area contributed by atoms with Gasteiger partial charge < -0.3 is 5.32 Å². The SMILES string of the molecule is CC(C)(CCl)NC(=O)c1cc(Cl)ccc1Br. The average Bonchev–Trinajstić information content (AvgIpc) is 2.21. The molecule has 1 aromatic rings. The molecule has 0 fully saturated rings. The molecule has 0 aromatic heterocycles. The van der Waals surface area contributed by atoms with Gasteiger partial charge in [0.2, 0.25) is 0 Å². The standard InChI is InChI=1S/C11H12BrCl2NO/c1-11(2,6-13)15-10(16)8-5-7(14)3-4-9(8)12/h3-5H,6H2,1-2H3,(H,15,16). The normalized spacial score (nSPS) is 11.3. The summed E-state index contributed by atoms with van der Waals surface area (Å²) in [6, 6.07) is 5.07. The molecule has 0 atom stereocenters. The van der Waals surface area contributed by atoms with Gasteiger partial charge in [-0.3, -0.25) is 4.79 Å². The Morgan fingerprint density at radius 3 is 2.69 bits per heavy atom. The van der Waals surface area contributed by atoms with Crippen LogP contribution in [-0.2, 0) is 0 Å². The van der Waals surface area contributed by atoms with Crippen LogP contribution in [0.4, 0.5) is 0 Å². The quantitative estimate of drug-likeness (QED) is 0.841. The maximum Gasteiger partial charge on any atom is 0.252 e. The number of amides is 1. The molecule has 1 N–H and O–H groups in total. The summed E-state index contributed by atoms with van der Waals surface area (Å²) in [6.45, 7) is 3.71. The summed E-state index contributed by atoms with van der Waals surface area (Å²) in [6.07, 6.45) is 0. The minimum atomic E-state index is -0.444. The molecule has 1 aromatic carbocycles. The van der Waals surface area contributed by atoms with E-state index in [9.17, 15) is 4.79 Å². The fourth-order valence-corrected chi connectivity index (χ4v) is 1.75. The second-order valence-electron chi connectivity index (χ2n) is 4.10. The molecule has 0 heterocycles. The molecule has 16 heavy (non-hydrogen) atoms. The third-order valence-electron chi connectivity index (χ3n) is 1.96. The Hall–Kier alpha value is -0.250. The highest BCUT2D eigenvalue weighted by atomic mass is 79.9. The molecule has 1 amide bonds. The van der Waals surface area contributed by atoms with E-state index in [4.69, 9.17) is 23.2 Å². The Labute approximate surface area is 113 Å². The molecular formula is C11H12BrCl2NO. The van der Waals surface area contributed by atoms with E-state index in [1.807, 2.05) is 13.8 Å². The smallest absolute Gasteiger partial charge is 0.252 e. The molecule has 0 aliphatic carbocycles. The minimum absolute atomic E-state index is 0.194. The first kappa shape index (κ1) is 13.8. The van der Waals surface area contributed by atoms with E-state index in [2.05, 4.69) is 21.2 Å². The van der Waals surface area contributed by atoms with Crippen molar-refractivity contribution in [1.29, 1.82) is 0 Å². The van der Waals surface area contributed by atoms with Gasteiger partial charge in [0.15, 0.2) is 0 Å². The predicted molar refractivity (Wildman–Crippen MR) is 71.4 cm³/mol. The number of carbonyl (C=O) groups excluding carboxylic acids is 1. The Morgan fingerprint density at radius 1 is 1.50 bits per heavy atom. The van der Waals surface area contributed by atoms with Gasteiger partial charge in [0, 0.05) is 20.9 Å². The summed E-state index contributed by atoms with van der Waals surface area (Å²) in [5, 5.41) is 3.36. The lowest BCUT2D eigenvalue weighted by Gasteiger charge is -2.23. The van der Waals surface area contributed by atoms with Gasteiger partial charge in [-0.2, -0.15) is 0 Å². The van der Waals surface area contributed by atoms with Crippen molar-refractivity contribution >= 4 is 45.0 Å². The van der Waals surface area contributed by atoms with Crippen LogP contribution in [0.1, 0.15) is 24.2 Å². The molecule has 0 unspecified atom stereocenters. The van der Waals surface area contributed by atoms with Crippen LogP contribution in [-0.4, -0.2) is 17.3 Å². The number of alkyl halides is 1. The number of rotatable bonds is 3. The maximum absolute atomic E-state index is 11.9. The van der Waals surface area contributed by atoms with Crippen LogP contribution in [0.15, 0.2) is 22.7 Å². The lowest BCUT2D eigenvalue weighted by atomic mass is 10.1. The Kier molecular flexibility index (Phi) is 4.65. The molecule has 0 aliphatic rings. The van der Waals surface area contributed by atoms with E-state index in [-0.39, 0.29) is 5.91 Å². The van der Waals surface area contributed by atoms with Crippen LogP contribution >= 0.6 is 39.1 Å². The Balaban J connectivity index is 2.93. The molecule has 1 rings (SSSR count). The highest BCUT2D eigenvalue weighted by Gasteiger charge is 2.21. The van der Waals surface area contributed by atoms with Crippen LogP contribution in [0.3, 0.4) is 0 Å². The van der Waals surface area contributed by atoms with Crippen molar-refractivity contribution in [3.05, 3.63) is 33.3 Å². The van der Waals surface area contributed by atoms with Crippen molar-refractivity contribution in [3.8, 4) is 0 Å². The van der Waals surface area contributed by atoms with E-state index < -0.39 is 5.54 Å². The van der Waals surface area contributed by atoms with Crippen molar-refractivity contribution in [3.63, 3.8) is 0 Å². The molecule has 5 heteroatoms. The number of benzene rings is 1. The zero-order valence-electron chi connectivity index (χ0n) is 8.98. The number of halogens is 3. The largest absolute Gasteiger partial charge is 0.346 e. The van der Waals surface area contributed by atoms with Crippen LogP contribution in [0.5, 0.6) is 0 Å². The van der Waals surface area contributed by atoms with Crippen molar-refractivity contribution in [2.75, 3.05) is 5.88 Å². The molecule has 2 nitrogen and oxygen atoms in total. The number of hydrogen-bond donors (Lipinski definition) is 1. The van der Waals surface area contributed by atoms with Crippen LogP contribution in [0, 0.1) is 0 Å². The number of hydrogen-bond acceptors (Lipinski definition) is 1. The summed E-state index contributed by atoms with van der Waals surface area (Å²) in [5.41, 5.74) is 0.0612. The summed E-state index contributed by atoms with van der Waals surface area (Å²) >= 11 is 14.9. The predicted octanol–water partition coefficient (Wildman–Crippen LogP) is 3.85. The zero-order valence-corrected chi connectivity index (χ0v) is 12.1. The van der Waals surface area contributed by atoms with Gasteiger partial charge in [-0.25, -0.2) is 0 Å². The van der Waals surface area contributed by atoms with Crippen LogP contribution < -0.4 is 5.32 Å². The maximum atomic E-state index is 11.9. The van der Waals surface area contributed by atoms with Crippen LogP contribution in [0.25, 0.3) is 0 Å². The summed E-state index contributed by atoms with van der Waals surface area (Å²) in [5.74, 6) is 0.150. The minimum Gasteiger partial charge on any atom is -0.346 e. The van der Waals surface area contributed by atoms with Gasteiger partial charge >= 0.3 is 0 Å². The van der Waals surface area contributed by atoms with E-state index >= 15 is 0 Å². The van der Waals surface area contributed by atoms with Crippen LogP contribution in [0.2, 0.25) is 5.02 Å². The number of carbonyl (C=O) groups is 1. The Bertz CT molecular complexity index is 407. The second-order valence-corrected chi connectivity index (χ2v) is 5.65. The van der Waals surface area contributed by atoms with E-state index in [1.165, 1.54) is 0 Å². The highest BCUT2D eigenvalue weighted by molar-refractivity contribution is 9.10. The summed E-state index contributed by atoms with van der Waals surface area (Å²) in [7, 11) is 0. The highest BCUT2D eigenvalue weighted by Crippen LogP contribution is 2.21. The van der Waals surface area contributed by atoms with Gasteiger partial charge in [-0.1, -0.05) is 11.6 Å². The fourth-order valence-electron chi connectivity index (χ4n) is 1.08.